The van der Waals surface area contributed by atoms with E-state index in [1.807, 2.05) is 0 Å². The van der Waals surface area contributed by atoms with Gasteiger partial charge in [0.2, 0.25) is 0 Å². The molecule has 0 saturated carbocycles. The van der Waals surface area contributed by atoms with E-state index in [-0.39, 0.29) is 6.61 Å². The number of alkyl halides is 1. The molecule has 1 atom stereocenters. The van der Waals surface area contributed by atoms with Gasteiger partial charge in [-0.05, 0) is 19.8 Å². The van der Waals surface area contributed by atoms with Crippen molar-refractivity contribution >= 4 is 10.4 Å². The second-order valence-corrected chi connectivity index (χ2v) is 6.45. The Kier molecular flexibility index (Phi) is 12.4. The van der Waals surface area contributed by atoms with Gasteiger partial charge in [-0.3, -0.25) is 4.55 Å². The summed E-state index contributed by atoms with van der Waals surface area (Å²) in [7, 11) is -4.27. The molecule has 0 aliphatic heterocycles. The Morgan fingerprint density at radius 2 is 1.30 bits per heavy atom. The maximum Gasteiger partial charge on any atom is 0.397 e. The number of hydrogen-bond acceptors (Lipinski definition) is 3. The second kappa shape index (κ2) is 12.5. The summed E-state index contributed by atoms with van der Waals surface area (Å²) in [4.78, 5) is 0. The molecule has 20 heavy (non-hydrogen) atoms. The first-order valence-corrected chi connectivity index (χ1v) is 9.04. The van der Waals surface area contributed by atoms with Crippen LogP contribution in [0.15, 0.2) is 0 Å². The largest absolute Gasteiger partial charge is 0.397 e. The fourth-order valence-electron chi connectivity index (χ4n) is 2.11. The Morgan fingerprint density at radius 1 is 0.900 bits per heavy atom. The molecular formula is C14H29FO4S. The van der Waals surface area contributed by atoms with E-state index < -0.39 is 16.6 Å². The highest BCUT2D eigenvalue weighted by molar-refractivity contribution is 7.80. The standard InChI is InChI=1S/C14H29FO4S/c1-14(15)12-10-8-6-4-2-3-5-7-9-11-13-19-20(16,17)18/h14H,2-13H2,1H3,(H,16,17,18)/t14-/m0/s1. The molecule has 0 aromatic carbocycles. The minimum Gasteiger partial charge on any atom is -0.264 e. The van der Waals surface area contributed by atoms with Crippen LogP contribution in [0.5, 0.6) is 0 Å². The van der Waals surface area contributed by atoms with Crippen molar-refractivity contribution in [3.63, 3.8) is 0 Å². The Labute approximate surface area is 123 Å². The van der Waals surface area contributed by atoms with E-state index in [9.17, 15) is 12.8 Å². The van der Waals surface area contributed by atoms with Crippen LogP contribution in [0.2, 0.25) is 0 Å². The summed E-state index contributed by atoms with van der Waals surface area (Å²) in [5.41, 5.74) is 0. The lowest BCUT2D eigenvalue weighted by Crippen LogP contribution is -2.04. The molecule has 0 aromatic rings. The van der Waals surface area contributed by atoms with Crippen molar-refractivity contribution in [1.29, 1.82) is 0 Å². The number of unbranched alkanes of at least 4 members (excludes halogenated alkanes) is 9. The van der Waals surface area contributed by atoms with E-state index in [1.165, 1.54) is 25.7 Å². The molecule has 0 fully saturated rings. The van der Waals surface area contributed by atoms with Gasteiger partial charge >= 0.3 is 10.4 Å². The van der Waals surface area contributed by atoms with E-state index in [1.54, 1.807) is 6.92 Å². The fourth-order valence-corrected chi connectivity index (χ4v) is 2.43. The molecule has 0 bridgehead atoms. The first-order chi connectivity index (χ1) is 9.42. The number of halogens is 1. The van der Waals surface area contributed by atoms with Crippen molar-refractivity contribution in [3.8, 4) is 0 Å². The molecular weight excluding hydrogens is 283 g/mol. The summed E-state index contributed by atoms with van der Waals surface area (Å²) in [5.74, 6) is 0. The summed E-state index contributed by atoms with van der Waals surface area (Å²) in [6.07, 6.45) is 10.7. The number of hydrogen-bond donors (Lipinski definition) is 1. The average Bonchev–Trinajstić information content (AvgIpc) is 2.33. The van der Waals surface area contributed by atoms with E-state index in [4.69, 9.17) is 4.55 Å². The quantitative estimate of drug-likeness (QED) is 0.380. The van der Waals surface area contributed by atoms with Crippen LogP contribution in [0.3, 0.4) is 0 Å². The Bertz CT molecular complexity index is 304. The molecule has 6 heteroatoms. The van der Waals surface area contributed by atoms with E-state index in [2.05, 4.69) is 4.18 Å². The molecule has 0 radical (unpaired) electrons. The van der Waals surface area contributed by atoms with Crippen LogP contribution in [-0.2, 0) is 14.6 Å². The first-order valence-electron chi connectivity index (χ1n) is 7.68. The maximum absolute atomic E-state index is 12.5. The van der Waals surface area contributed by atoms with Crippen molar-refractivity contribution < 1.29 is 21.5 Å². The van der Waals surface area contributed by atoms with Crippen LogP contribution in [0.25, 0.3) is 0 Å². The third-order valence-electron chi connectivity index (χ3n) is 3.23. The van der Waals surface area contributed by atoms with Gasteiger partial charge < -0.3 is 0 Å². The Balaban J connectivity index is 3.06. The Morgan fingerprint density at radius 3 is 1.70 bits per heavy atom. The lowest BCUT2D eigenvalue weighted by atomic mass is 10.1. The zero-order valence-electron chi connectivity index (χ0n) is 12.5. The van der Waals surface area contributed by atoms with Gasteiger partial charge in [0, 0.05) is 0 Å². The van der Waals surface area contributed by atoms with E-state index in [0.717, 1.165) is 32.1 Å². The molecule has 0 aliphatic rings. The predicted octanol–water partition coefficient (Wildman–Crippen LogP) is 4.45. The molecule has 0 spiro atoms. The third kappa shape index (κ3) is 17.8. The lowest BCUT2D eigenvalue weighted by Gasteiger charge is -2.03. The van der Waals surface area contributed by atoms with Crippen molar-refractivity contribution in [1.82, 2.24) is 0 Å². The van der Waals surface area contributed by atoms with Crippen molar-refractivity contribution in [2.45, 2.75) is 83.7 Å². The van der Waals surface area contributed by atoms with Gasteiger partial charge in [0.25, 0.3) is 0 Å². The van der Waals surface area contributed by atoms with Crippen LogP contribution in [0.4, 0.5) is 4.39 Å². The summed E-state index contributed by atoms with van der Waals surface area (Å²) >= 11 is 0. The van der Waals surface area contributed by atoms with Gasteiger partial charge in [-0.15, -0.1) is 0 Å². The van der Waals surface area contributed by atoms with Gasteiger partial charge in [0.15, 0.2) is 0 Å². The SMILES string of the molecule is C[C@H](F)CCCCCCCCCCCCOS(=O)(=O)O. The van der Waals surface area contributed by atoms with Crippen LogP contribution < -0.4 is 0 Å². The Hall–Kier alpha value is -0.200. The van der Waals surface area contributed by atoms with Gasteiger partial charge in [-0.25, -0.2) is 8.57 Å². The third-order valence-corrected chi connectivity index (χ3v) is 3.69. The highest BCUT2D eigenvalue weighted by Crippen LogP contribution is 2.12. The zero-order chi connectivity index (χ0) is 15.3. The molecule has 0 amide bonds. The van der Waals surface area contributed by atoms with Crippen molar-refractivity contribution in [3.05, 3.63) is 0 Å². The smallest absolute Gasteiger partial charge is 0.264 e. The monoisotopic (exact) mass is 312 g/mol. The fraction of sp³-hybridized carbons (Fsp3) is 1.00. The first kappa shape index (κ1) is 19.8. The highest BCUT2D eigenvalue weighted by Gasteiger charge is 2.02. The summed E-state index contributed by atoms with van der Waals surface area (Å²) in [6, 6.07) is 0. The minimum absolute atomic E-state index is 0.0613. The zero-order valence-corrected chi connectivity index (χ0v) is 13.3. The molecule has 4 nitrogen and oxygen atoms in total. The van der Waals surface area contributed by atoms with Crippen molar-refractivity contribution in [2.75, 3.05) is 6.61 Å². The van der Waals surface area contributed by atoms with Crippen LogP contribution >= 0.6 is 0 Å². The summed E-state index contributed by atoms with van der Waals surface area (Å²) in [5, 5.41) is 0. The predicted molar refractivity (Wildman–Crippen MR) is 78.9 cm³/mol. The molecule has 0 unspecified atom stereocenters. The van der Waals surface area contributed by atoms with Gasteiger partial charge in [-0.2, -0.15) is 8.42 Å². The molecule has 0 saturated heterocycles. The average molecular weight is 312 g/mol. The maximum atomic E-state index is 12.5. The second-order valence-electron chi connectivity index (χ2n) is 5.35. The van der Waals surface area contributed by atoms with E-state index >= 15 is 0 Å². The molecule has 0 rings (SSSR count). The molecule has 0 heterocycles. The van der Waals surface area contributed by atoms with Crippen LogP contribution in [-0.4, -0.2) is 25.7 Å². The van der Waals surface area contributed by atoms with Gasteiger partial charge in [0.1, 0.15) is 0 Å². The minimum atomic E-state index is -4.27. The highest BCUT2D eigenvalue weighted by atomic mass is 32.3. The molecule has 0 aliphatic carbocycles. The van der Waals surface area contributed by atoms with Gasteiger partial charge in [0.05, 0.1) is 12.8 Å². The topological polar surface area (TPSA) is 63.6 Å². The molecule has 0 aromatic heterocycles. The van der Waals surface area contributed by atoms with Crippen LogP contribution in [0, 0.1) is 0 Å². The molecule has 122 valence electrons. The van der Waals surface area contributed by atoms with Gasteiger partial charge in [-0.1, -0.05) is 57.8 Å². The summed E-state index contributed by atoms with van der Waals surface area (Å²) < 4.78 is 45.6. The number of rotatable bonds is 14. The molecule has 1 N–H and O–H groups in total. The lowest BCUT2D eigenvalue weighted by molar-refractivity contribution is 0.261. The van der Waals surface area contributed by atoms with Crippen LogP contribution in [0.1, 0.15) is 77.6 Å². The summed E-state index contributed by atoms with van der Waals surface area (Å²) in [6.45, 7) is 1.67. The van der Waals surface area contributed by atoms with E-state index in [0.29, 0.717) is 12.8 Å². The normalized spacial score (nSPS) is 13.6. The van der Waals surface area contributed by atoms with Crippen molar-refractivity contribution in [2.24, 2.45) is 0 Å².